The molecule has 0 radical (unpaired) electrons. The molecule has 206 valence electrons. The zero-order valence-electron chi connectivity index (χ0n) is 21.9. The van der Waals surface area contributed by atoms with Crippen molar-refractivity contribution in [1.29, 1.82) is 0 Å². The summed E-state index contributed by atoms with van der Waals surface area (Å²) in [5.74, 6) is 0.206. The highest BCUT2D eigenvalue weighted by molar-refractivity contribution is 6.33. The van der Waals surface area contributed by atoms with Gasteiger partial charge in [0.1, 0.15) is 5.82 Å². The maximum Gasteiger partial charge on any atom is 0.256 e. The molecule has 1 aliphatic rings. The Balaban J connectivity index is 1.77. The Labute approximate surface area is 240 Å². The number of halogens is 2. The molecule has 3 heterocycles. The van der Waals surface area contributed by atoms with Crippen LogP contribution in [0, 0.1) is 5.41 Å². The highest BCUT2D eigenvalue weighted by atomic mass is 35.5. The van der Waals surface area contributed by atoms with Gasteiger partial charge in [0.15, 0.2) is 17.0 Å². The first-order valence-corrected chi connectivity index (χ1v) is 13.3. The maximum atomic E-state index is 12.1. The number of guanidine groups is 1. The van der Waals surface area contributed by atoms with E-state index in [0.29, 0.717) is 64.3 Å². The van der Waals surface area contributed by atoms with Crippen molar-refractivity contribution >= 4 is 63.9 Å². The van der Waals surface area contributed by atoms with Crippen molar-refractivity contribution in [2.75, 3.05) is 18.0 Å². The van der Waals surface area contributed by atoms with Crippen molar-refractivity contribution in [2.24, 2.45) is 21.9 Å². The van der Waals surface area contributed by atoms with Crippen molar-refractivity contribution in [3.63, 3.8) is 0 Å². The molecule has 1 aliphatic heterocycles. The first-order valence-electron chi connectivity index (χ1n) is 12.5. The van der Waals surface area contributed by atoms with Gasteiger partial charge in [0.2, 0.25) is 17.8 Å². The number of aliphatic imine (C=N–C) groups is 1. The summed E-state index contributed by atoms with van der Waals surface area (Å²) in [6.07, 6.45) is 1.07. The first-order chi connectivity index (χ1) is 19.1. The quantitative estimate of drug-likeness (QED) is 0.238. The van der Waals surface area contributed by atoms with Crippen LogP contribution < -0.4 is 21.7 Å². The highest BCUT2D eigenvalue weighted by Gasteiger charge is 2.36. The summed E-state index contributed by atoms with van der Waals surface area (Å²) >= 11 is 12.8. The number of primary amides is 1. The minimum atomic E-state index is -0.620. The van der Waals surface area contributed by atoms with E-state index in [1.165, 1.54) is 6.92 Å². The van der Waals surface area contributed by atoms with E-state index in [0.717, 1.165) is 5.69 Å². The van der Waals surface area contributed by atoms with Crippen LogP contribution in [0.15, 0.2) is 53.5 Å². The molecule has 0 spiro atoms. The molecule has 0 bridgehead atoms. The van der Waals surface area contributed by atoms with Crippen molar-refractivity contribution in [3.8, 4) is 17.1 Å². The van der Waals surface area contributed by atoms with Gasteiger partial charge in [-0.3, -0.25) is 19.5 Å². The van der Waals surface area contributed by atoms with Crippen LogP contribution >= 0.6 is 23.2 Å². The normalized spacial score (nSPS) is 15.3. The van der Waals surface area contributed by atoms with Gasteiger partial charge in [0.05, 0.1) is 5.02 Å². The van der Waals surface area contributed by atoms with E-state index in [1.807, 2.05) is 46.7 Å². The Hall–Kier alpha value is -4.22. The number of amides is 2. The maximum absolute atomic E-state index is 12.1. The molecule has 2 amide bonds. The van der Waals surface area contributed by atoms with Gasteiger partial charge < -0.3 is 16.4 Å². The molecule has 0 aliphatic carbocycles. The summed E-state index contributed by atoms with van der Waals surface area (Å²) in [6.45, 7) is 4.21. The number of fused-ring (bicyclic) bond motifs is 1. The second kappa shape index (κ2) is 10.7. The molecule has 40 heavy (non-hydrogen) atoms. The molecular weight excluding hydrogens is 553 g/mol. The molecule has 0 saturated carbocycles. The molecule has 5 N–H and O–H groups in total. The lowest BCUT2D eigenvalue weighted by Crippen LogP contribution is -2.45. The smallest absolute Gasteiger partial charge is 0.256 e. The first kappa shape index (κ1) is 27.4. The lowest BCUT2D eigenvalue weighted by atomic mass is 9.80. The predicted molar refractivity (Wildman–Crippen MR) is 156 cm³/mol. The van der Waals surface area contributed by atoms with Gasteiger partial charge in [0.25, 0.3) is 5.95 Å². The fourth-order valence-corrected chi connectivity index (χ4v) is 4.98. The van der Waals surface area contributed by atoms with Gasteiger partial charge in [0, 0.05) is 41.7 Å². The molecule has 2 aromatic carbocycles. The fraction of sp³-hybridized carbons (Fsp3) is 0.259. The zero-order chi connectivity index (χ0) is 28.6. The van der Waals surface area contributed by atoms with Gasteiger partial charge in [-0.05, 0) is 49.2 Å². The molecule has 0 unspecified atom stereocenters. The molecule has 5 rings (SSSR count). The number of benzene rings is 2. The zero-order valence-corrected chi connectivity index (χ0v) is 23.4. The molecule has 11 nitrogen and oxygen atoms in total. The number of hydrogen-bond acceptors (Lipinski definition) is 7. The number of carbonyl (C=O) groups is 2. The van der Waals surface area contributed by atoms with Crippen LogP contribution in [0.4, 0.5) is 11.8 Å². The van der Waals surface area contributed by atoms with Crippen LogP contribution in [0.1, 0.15) is 26.7 Å². The second-order valence-corrected chi connectivity index (χ2v) is 10.7. The van der Waals surface area contributed by atoms with E-state index in [4.69, 9.17) is 49.6 Å². The number of nitrogens with two attached hydrogens (primary N) is 2. The van der Waals surface area contributed by atoms with E-state index in [-0.39, 0.29) is 23.7 Å². The van der Waals surface area contributed by atoms with Crippen LogP contribution in [0.2, 0.25) is 10.0 Å². The Kier molecular flexibility index (Phi) is 7.35. The largest absolute Gasteiger partial charge is 0.369 e. The third-order valence-corrected chi connectivity index (χ3v) is 7.54. The van der Waals surface area contributed by atoms with E-state index in [1.54, 1.807) is 18.2 Å². The number of imidazole rings is 1. The highest BCUT2D eigenvalue weighted by Crippen LogP contribution is 2.38. The topological polar surface area (TPSA) is 157 Å². The van der Waals surface area contributed by atoms with Crippen molar-refractivity contribution in [1.82, 2.24) is 24.8 Å². The van der Waals surface area contributed by atoms with Gasteiger partial charge in [-0.15, -0.1) is 0 Å². The van der Waals surface area contributed by atoms with E-state index >= 15 is 0 Å². The van der Waals surface area contributed by atoms with Crippen LogP contribution in [0.25, 0.3) is 28.2 Å². The summed E-state index contributed by atoms with van der Waals surface area (Å²) in [5, 5.41) is 3.52. The van der Waals surface area contributed by atoms with Gasteiger partial charge in [-0.2, -0.15) is 15.0 Å². The summed E-state index contributed by atoms with van der Waals surface area (Å²) in [5.41, 5.74) is 13.4. The van der Waals surface area contributed by atoms with E-state index in [2.05, 4.69) is 10.3 Å². The van der Waals surface area contributed by atoms with E-state index in [9.17, 15) is 9.59 Å². The number of nitrogens with zero attached hydrogens (tertiary/aromatic N) is 6. The minimum Gasteiger partial charge on any atom is -0.369 e. The number of nitrogens with one attached hydrogen (secondary N) is 1. The van der Waals surface area contributed by atoms with Crippen LogP contribution in [-0.2, 0) is 9.59 Å². The third kappa shape index (κ3) is 5.30. The fourth-order valence-electron chi connectivity index (χ4n) is 4.64. The molecule has 4 aromatic rings. The van der Waals surface area contributed by atoms with Crippen molar-refractivity contribution in [2.45, 2.75) is 26.7 Å². The summed E-state index contributed by atoms with van der Waals surface area (Å²) < 4.78 is 1.85. The molecule has 1 saturated heterocycles. The third-order valence-electron chi connectivity index (χ3n) is 6.96. The Morgan fingerprint density at radius 2 is 1.68 bits per heavy atom. The Morgan fingerprint density at radius 1 is 1.00 bits per heavy atom. The number of carbonyl (C=O) groups excluding carboxylic acids is 2. The standard InChI is InChI=1S/C27H27Cl2N9O2/c1-15(39)32-25(31)36-26-34-22(37-13-11-27(2,12-14-37)24(30)40)20-23(35-26)38(17-9-7-16(28)8-10-17)21(33-20)18-5-3-4-6-19(18)29/h3-10H,11-14H2,1-2H3,(H2,30,40)(H3,31,32,34,35,36,39). The number of piperidine rings is 1. The van der Waals surface area contributed by atoms with Gasteiger partial charge in [-0.1, -0.05) is 42.3 Å². The molecule has 2 aromatic heterocycles. The number of hydrogen-bond donors (Lipinski definition) is 3. The summed E-state index contributed by atoms with van der Waals surface area (Å²) in [4.78, 5) is 44.3. The lowest BCUT2D eigenvalue weighted by Gasteiger charge is -2.37. The average molecular weight is 580 g/mol. The minimum absolute atomic E-state index is 0.0257. The molecular formula is C27H27Cl2N9O2. The van der Waals surface area contributed by atoms with Gasteiger partial charge >= 0.3 is 0 Å². The van der Waals surface area contributed by atoms with Gasteiger partial charge in [-0.25, -0.2) is 4.98 Å². The number of anilines is 1. The monoisotopic (exact) mass is 579 g/mol. The summed E-state index contributed by atoms with van der Waals surface area (Å²) in [7, 11) is 0. The number of aromatic nitrogens is 4. The van der Waals surface area contributed by atoms with E-state index < -0.39 is 5.41 Å². The Morgan fingerprint density at radius 3 is 2.30 bits per heavy atom. The van der Waals surface area contributed by atoms with Crippen molar-refractivity contribution < 1.29 is 9.59 Å². The van der Waals surface area contributed by atoms with Crippen LogP contribution in [-0.4, -0.2) is 50.4 Å². The molecule has 13 heteroatoms. The Bertz CT molecular complexity index is 1640. The van der Waals surface area contributed by atoms with Crippen molar-refractivity contribution in [3.05, 3.63) is 58.6 Å². The predicted octanol–water partition coefficient (Wildman–Crippen LogP) is 3.96. The molecule has 0 atom stereocenters. The number of rotatable bonds is 5. The SMILES string of the molecule is CC(=O)NC(N)=Nc1nc(N2CCC(C)(C(N)=O)CC2)c2nc(-c3ccccc3Cl)n(-c3ccc(Cl)cc3)c2n1. The molecule has 1 fully saturated rings. The van der Waals surface area contributed by atoms with Crippen LogP contribution in [0.3, 0.4) is 0 Å². The lowest BCUT2D eigenvalue weighted by molar-refractivity contribution is -0.127. The summed E-state index contributed by atoms with van der Waals surface area (Å²) in [6, 6.07) is 14.6. The van der Waals surface area contributed by atoms with Crippen LogP contribution in [0.5, 0.6) is 0 Å². The second-order valence-electron chi connectivity index (χ2n) is 9.84. The average Bonchev–Trinajstić information content (AvgIpc) is 3.28.